The highest BCUT2D eigenvalue weighted by Crippen LogP contribution is 2.07. The molecule has 0 aliphatic carbocycles. The second-order valence-electron chi connectivity index (χ2n) is 5.25. The largest absolute Gasteiger partial charge is 0.313 e. The Labute approximate surface area is 105 Å². The summed E-state index contributed by atoms with van der Waals surface area (Å²) < 4.78 is 0. The van der Waals surface area contributed by atoms with Crippen LogP contribution in [-0.2, 0) is 6.42 Å². The molecule has 1 saturated heterocycles. The highest BCUT2D eigenvalue weighted by molar-refractivity contribution is 5.22. The molecule has 17 heavy (non-hydrogen) atoms. The maximum atomic E-state index is 3.54. The first-order valence-corrected chi connectivity index (χ1v) is 6.75. The van der Waals surface area contributed by atoms with Gasteiger partial charge in [-0.05, 0) is 45.3 Å². The van der Waals surface area contributed by atoms with Crippen LogP contribution in [0.3, 0.4) is 0 Å². The molecule has 1 aromatic rings. The van der Waals surface area contributed by atoms with Crippen LogP contribution in [0.4, 0.5) is 0 Å². The molecule has 2 nitrogen and oxygen atoms in total. The van der Waals surface area contributed by atoms with Gasteiger partial charge in [-0.15, -0.1) is 0 Å². The summed E-state index contributed by atoms with van der Waals surface area (Å²) in [7, 11) is 0. The zero-order valence-corrected chi connectivity index (χ0v) is 11.1. The van der Waals surface area contributed by atoms with Gasteiger partial charge in [0.2, 0.25) is 0 Å². The van der Waals surface area contributed by atoms with Crippen molar-refractivity contribution in [2.45, 2.75) is 32.7 Å². The molecule has 1 aliphatic heterocycles. The molecule has 1 N–H and O–H groups in total. The number of aryl methyl sites for hydroxylation is 1. The topological polar surface area (TPSA) is 15.3 Å². The highest BCUT2D eigenvalue weighted by atomic mass is 15.2. The molecule has 1 fully saturated rings. The second kappa shape index (κ2) is 6.18. The Kier molecular flexibility index (Phi) is 4.57. The average molecular weight is 232 g/mol. The fraction of sp³-hybridized carbons (Fsp3) is 0.600. The van der Waals surface area contributed by atoms with Crippen LogP contribution in [0.15, 0.2) is 24.3 Å². The summed E-state index contributed by atoms with van der Waals surface area (Å²) in [5, 5.41) is 3.54. The lowest BCUT2D eigenvalue weighted by molar-refractivity contribution is 0.276. The van der Waals surface area contributed by atoms with E-state index in [4.69, 9.17) is 0 Å². The minimum Gasteiger partial charge on any atom is -0.313 e. The van der Waals surface area contributed by atoms with E-state index in [9.17, 15) is 0 Å². The zero-order valence-electron chi connectivity index (χ0n) is 11.1. The maximum absolute atomic E-state index is 3.54. The number of nitrogens with one attached hydrogen (secondary N) is 1. The number of rotatable bonds is 3. The van der Waals surface area contributed by atoms with Crippen LogP contribution < -0.4 is 5.32 Å². The third-order valence-corrected chi connectivity index (χ3v) is 3.48. The lowest BCUT2D eigenvalue weighted by Gasteiger charge is -2.22. The molecule has 2 heteroatoms. The Morgan fingerprint density at radius 2 is 2.29 bits per heavy atom. The summed E-state index contributed by atoms with van der Waals surface area (Å²) in [6, 6.07) is 9.51. The van der Waals surface area contributed by atoms with E-state index < -0.39 is 0 Å². The van der Waals surface area contributed by atoms with Gasteiger partial charge in [0.1, 0.15) is 0 Å². The first-order chi connectivity index (χ1) is 8.24. The van der Waals surface area contributed by atoms with Gasteiger partial charge in [-0.1, -0.05) is 29.8 Å². The highest BCUT2D eigenvalue weighted by Gasteiger charge is 2.13. The van der Waals surface area contributed by atoms with Crippen LogP contribution >= 0.6 is 0 Å². The van der Waals surface area contributed by atoms with E-state index >= 15 is 0 Å². The monoisotopic (exact) mass is 232 g/mol. The van der Waals surface area contributed by atoms with Crippen molar-refractivity contribution >= 4 is 0 Å². The fourth-order valence-electron chi connectivity index (χ4n) is 2.55. The van der Waals surface area contributed by atoms with Crippen molar-refractivity contribution in [2.75, 3.05) is 26.2 Å². The molecule has 0 saturated carbocycles. The van der Waals surface area contributed by atoms with Gasteiger partial charge in [0, 0.05) is 19.1 Å². The predicted octanol–water partition coefficient (Wildman–Crippen LogP) is 2.22. The molecule has 94 valence electrons. The van der Waals surface area contributed by atoms with E-state index in [1.165, 1.54) is 50.1 Å². The van der Waals surface area contributed by atoms with E-state index in [-0.39, 0.29) is 0 Å². The second-order valence-corrected chi connectivity index (χ2v) is 5.25. The first kappa shape index (κ1) is 12.6. The van der Waals surface area contributed by atoms with E-state index in [0.717, 1.165) is 0 Å². The molecule has 1 atom stereocenters. The van der Waals surface area contributed by atoms with Gasteiger partial charge in [-0.25, -0.2) is 0 Å². The molecule has 2 rings (SSSR count). The molecule has 0 radical (unpaired) electrons. The molecule has 0 bridgehead atoms. The van der Waals surface area contributed by atoms with Gasteiger partial charge >= 0.3 is 0 Å². The zero-order chi connectivity index (χ0) is 12.1. The van der Waals surface area contributed by atoms with Gasteiger partial charge in [0.05, 0.1) is 0 Å². The van der Waals surface area contributed by atoms with Crippen molar-refractivity contribution in [3.8, 4) is 0 Å². The van der Waals surface area contributed by atoms with Crippen LogP contribution in [0.25, 0.3) is 0 Å². The third kappa shape index (κ3) is 4.14. The van der Waals surface area contributed by atoms with Crippen LogP contribution in [0, 0.1) is 6.92 Å². The van der Waals surface area contributed by atoms with Crippen LogP contribution in [0.5, 0.6) is 0 Å². The molecule has 0 spiro atoms. The summed E-state index contributed by atoms with van der Waals surface area (Å²) in [6.45, 7) is 9.24. The summed E-state index contributed by atoms with van der Waals surface area (Å²) in [6.07, 6.45) is 2.45. The third-order valence-electron chi connectivity index (χ3n) is 3.48. The van der Waals surface area contributed by atoms with Gasteiger partial charge in [-0.3, -0.25) is 0 Å². The van der Waals surface area contributed by atoms with Crippen molar-refractivity contribution in [2.24, 2.45) is 0 Å². The van der Waals surface area contributed by atoms with Crippen molar-refractivity contribution in [1.29, 1.82) is 0 Å². The van der Waals surface area contributed by atoms with Gasteiger partial charge in [0.25, 0.3) is 0 Å². The van der Waals surface area contributed by atoms with Crippen molar-refractivity contribution in [3.05, 3.63) is 35.4 Å². The quantitative estimate of drug-likeness (QED) is 0.859. The lowest BCUT2D eigenvalue weighted by atomic mass is 10.1. The predicted molar refractivity (Wildman–Crippen MR) is 73.4 cm³/mol. The summed E-state index contributed by atoms with van der Waals surface area (Å²) in [5.74, 6) is 0. The van der Waals surface area contributed by atoms with Gasteiger partial charge in [-0.2, -0.15) is 0 Å². The number of hydrogen-bond acceptors (Lipinski definition) is 2. The average Bonchev–Trinajstić information content (AvgIpc) is 2.51. The standard InChI is InChI=1S/C15H24N2/c1-13-5-3-6-15(11-13)7-10-17-9-4-8-16-14(2)12-17/h3,5-6,11,14,16H,4,7-10,12H2,1-2H3. The van der Waals surface area contributed by atoms with Crippen molar-refractivity contribution in [1.82, 2.24) is 10.2 Å². The Balaban J connectivity index is 1.84. The molecule has 1 aromatic carbocycles. The van der Waals surface area contributed by atoms with Gasteiger partial charge in [0.15, 0.2) is 0 Å². The Morgan fingerprint density at radius 3 is 3.12 bits per heavy atom. The molecule has 1 heterocycles. The SMILES string of the molecule is Cc1cccc(CCN2CCCNC(C)C2)c1. The van der Waals surface area contributed by atoms with E-state index in [1.54, 1.807) is 0 Å². The molecular formula is C15H24N2. The molecule has 1 aliphatic rings. The van der Waals surface area contributed by atoms with Crippen LogP contribution in [0.1, 0.15) is 24.5 Å². The van der Waals surface area contributed by atoms with E-state index in [2.05, 4.69) is 48.3 Å². The summed E-state index contributed by atoms with van der Waals surface area (Å²) >= 11 is 0. The van der Waals surface area contributed by atoms with Crippen LogP contribution in [0.2, 0.25) is 0 Å². The van der Waals surface area contributed by atoms with Crippen LogP contribution in [-0.4, -0.2) is 37.1 Å². The van der Waals surface area contributed by atoms with Crippen molar-refractivity contribution < 1.29 is 0 Å². The maximum Gasteiger partial charge on any atom is 0.0166 e. The minimum atomic E-state index is 0.634. The minimum absolute atomic E-state index is 0.634. The summed E-state index contributed by atoms with van der Waals surface area (Å²) in [4.78, 5) is 2.59. The Morgan fingerprint density at radius 1 is 1.41 bits per heavy atom. The summed E-state index contributed by atoms with van der Waals surface area (Å²) in [5.41, 5.74) is 2.84. The molecule has 1 unspecified atom stereocenters. The molecular weight excluding hydrogens is 208 g/mol. The molecule has 0 amide bonds. The van der Waals surface area contributed by atoms with Gasteiger partial charge < -0.3 is 10.2 Å². The van der Waals surface area contributed by atoms with E-state index in [0.29, 0.717) is 6.04 Å². The molecule has 0 aromatic heterocycles. The number of hydrogen-bond donors (Lipinski definition) is 1. The first-order valence-electron chi connectivity index (χ1n) is 6.75. The Hall–Kier alpha value is -0.860. The number of nitrogens with zero attached hydrogens (tertiary/aromatic N) is 1. The lowest BCUT2D eigenvalue weighted by Crippen LogP contribution is -2.36. The van der Waals surface area contributed by atoms with Crippen molar-refractivity contribution in [3.63, 3.8) is 0 Å². The smallest absolute Gasteiger partial charge is 0.0166 e. The normalized spacial score (nSPS) is 22.4. The Bertz CT molecular complexity index is 349. The fourth-order valence-corrected chi connectivity index (χ4v) is 2.55. The number of benzene rings is 1. The van der Waals surface area contributed by atoms with E-state index in [1.807, 2.05) is 0 Å².